The first-order valence-corrected chi connectivity index (χ1v) is 5.28. The zero-order chi connectivity index (χ0) is 8.27. The summed E-state index contributed by atoms with van der Waals surface area (Å²) in [5, 5.41) is 0. The second kappa shape index (κ2) is 4.24. The molecule has 0 aliphatic heterocycles. The third-order valence-corrected chi connectivity index (χ3v) is 3.94. The average Bonchev–Trinajstić information content (AvgIpc) is 2.31. The van der Waals surface area contributed by atoms with E-state index in [2.05, 4.69) is 29.2 Å². The Morgan fingerprint density at radius 1 is 1.73 bits per heavy atom. The van der Waals surface area contributed by atoms with Crippen LogP contribution in [0.5, 0.6) is 0 Å². The van der Waals surface area contributed by atoms with Crippen LogP contribution in [0.2, 0.25) is 0 Å². The van der Waals surface area contributed by atoms with Crippen LogP contribution in [0.1, 0.15) is 25.7 Å². The lowest BCUT2D eigenvalue weighted by molar-refractivity contribution is -0.116. The summed E-state index contributed by atoms with van der Waals surface area (Å²) in [7, 11) is 0. The summed E-state index contributed by atoms with van der Waals surface area (Å²) in [4.78, 5) is 11.1. The topological polar surface area (TPSA) is 17.1 Å². The van der Waals surface area contributed by atoms with Crippen LogP contribution in [0.4, 0.5) is 0 Å². The van der Waals surface area contributed by atoms with Crippen molar-refractivity contribution in [2.75, 3.05) is 0 Å². The van der Waals surface area contributed by atoms with E-state index in [4.69, 9.17) is 0 Å². The van der Waals surface area contributed by atoms with Crippen molar-refractivity contribution in [1.29, 1.82) is 0 Å². The van der Waals surface area contributed by atoms with Gasteiger partial charge in [0.25, 0.3) is 0 Å². The molecule has 0 heterocycles. The lowest BCUT2D eigenvalue weighted by Gasteiger charge is -2.09. The number of ketones is 1. The average molecular weight is 264 g/mol. The molecule has 1 rings (SSSR count). The molecule has 0 aromatic carbocycles. The Morgan fingerprint density at radius 2 is 2.45 bits per heavy atom. The van der Waals surface area contributed by atoms with Gasteiger partial charge in [0, 0.05) is 6.42 Å². The first kappa shape index (κ1) is 9.23. The van der Waals surface area contributed by atoms with E-state index >= 15 is 0 Å². The molecule has 0 spiro atoms. The van der Waals surface area contributed by atoms with Gasteiger partial charge in [-0.3, -0.25) is 4.79 Å². The van der Waals surface area contributed by atoms with Crippen LogP contribution in [-0.2, 0) is 4.79 Å². The van der Waals surface area contributed by atoms with Crippen LogP contribution in [0.15, 0.2) is 12.7 Å². The van der Waals surface area contributed by atoms with Crippen molar-refractivity contribution in [3.8, 4) is 0 Å². The zero-order valence-corrected chi connectivity index (χ0v) is 8.71. The maximum absolute atomic E-state index is 11.1. The third kappa shape index (κ3) is 2.29. The Balaban J connectivity index is 2.35. The lowest BCUT2D eigenvalue weighted by Crippen LogP contribution is -2.12. The van der Waals surface area contributed by atoms with Crippen LogP contribution >= 0.6 is 22.6 Å². The maximum Gasteiger partial charge on any atom is 0.145 e. The van der Waals surface area contributed by atoms with Crippen molar-refractivity contribution in [2.45, 2.75) is 29.6 Å². The van der Waals surface area contributed by atoms with Gasteiger partial charge in [-0.2, -0.15) is 0 Å². The van der Waals surface area contributed by atoms with Crippen LogP contribution in [0, 0.1) is 5.92 Å². The van der Waals surface area contributed by atoms with Crippen LogP contribution in [-0.4, -0.2) is 9.71 Å². The molecular weight excluding hydrogens is 251 g/mol. The van der Waals surface area contributed by atoms with Crippen molar-refractivity contribution >= 4 is 28.4 Å². The van der Waals surface area contributed by atoms with Gasteiger partial charge in [-0.15, -0.1) is 6.58 Å². The van der Waals surface area contributed by atoms with Gasteiger partial charge in [-0.25, -0.2) is 0 Å². The molecule has 0 bridgehead atoms. The van der Waals surface area contributed by atoms with E-state index < -0.39 is 0 Å². The Morgan fingerprint density at radius 3 is 2.91 bits per heavy atom. The van der Waals surface area contributed by atoms with Gasteiger partial charge in [0.2, 0.25) is 0 Å². The Bertz CT molecular complexity index is 165. The summed E-state index contributed by atoms with van der Waals surface area (Å²) in [6, 6.07) is 0. The largest absolute Gasteiger partial charge is 0.299 e. The van der Waals surface area contributed by atoms with Gasteiger partial charge in [0.15, 0.2) is 0 Å². The summed E-state index contributed by atoms with van der Waals surface area (Å²) in [6.07, 6.45) is 6.03. The third-order valence-electron chi connectivity index (χ3n) is 2.22. The van der Waals surface area contributed by atoms with E-state index in [0.29, 0.717) is 11.7 Å². The molecule has 1 nitrogen and oxygen atoms in total. The molecule has 2 heteroatoms. The highest BCUT2D eigenvalue weighted by Crippen LogP contribution is 2.32. The van der Waals surface area contributed by atoms with Crippen LogP contribution < -0.4 is 0 Å². The molecule has 0 aromatic heterocycles. The number of Topliss-reactive ketones (excluding diaryl/α,β-unsaturated/α-hetero) is 1. The van der Waals surface area contributed by atoms with E-state index in [-0.39, 0.29) is 3.92 Å². The summed E-state index contributed by atoms with van der Waals surface area (Å²) in [5.74, 6) is 1.07. The SMILES string of the molecule is C=CCC[C@H]1CCC(=O)[C@@H]1I. The van der Waals surface area contributed by atoms with Gasteiger partial charge in [-0.1, -0.05) is 28.7 Å². The summed E-state index contributed by atoms with van der Waals surface area (Å²) < 4.78 is 0.285. The van der Waals surface area contributed by atoms with E-state index in [9.17, 15) is 4.79 Å². The van der Waals surface area contributed by atoms with Crippen molar-refractivity contribution < 1.29 is 4.79 Å². The standard InChI is InChI=1S/C9H13IO/c1-2-3-4-7-5-6-8(11)9(7)10/h2,7,9H,1,3-6H2/t7-,9+/m0/s1. The fourth-order valence-corrected chi connectivity index (χ4v) is 2.53. The minimum atomic E-state index is 0.285. The number of allylic oxidation sites excluding steroid dienone is 1. The minimum absolute atomic E-state index is 0.285. The smallest absolute Gasteiger partial charge is 0.145 e. The van der Waals surface area contributed by atoms with E-state index in [1.807, 2.05) is 6.08 Å². The first-order valence-electron chi connectivity index (χ1n) is 4.03. The van der Waals surface area contributed by atoms with Gasteiger partial charge >= 0.3 is 0 Å². The predicted molar refractivity (Wildman–Crippen MR) is 55.0 cm³/mol. The van der Waals surface area contributed by atoms with E-state index in [1.165, 1.54) is 0 Å². The second-order valence-electron chi connectivity index (χ2n) is 3.03. The van der Waals surface area contributed by atoms with Gasteiger partial charge in [0.05, 0.1) is 3.92 Å². The fraction of sp³-hybridized carbons (Fsp3) is 0.667. The highest BCUT2D eigenvalue weighted by Gasteiger charge is 2.31. The number of rotatable bonds is 3. The highest BCUT2D eigenvalue weighted by molar-refractivity contribution is 14.1. The second-order valence-corrected chi connectivity index (χ2v) is 4.37. The van der Waals surface area contributed by atoms with E-state index in [1.54, 1.807) is 0 Å². The Labute approximate surface area is 81.4 Å². The molecule has 11 heavy (non-hydrogen) atoms. The number of hydrogen-bond donors (Lipinski definition) is 0. The minimum Gasteiger partial charge on any atom is -0.299 e. The Hall–Kier alpha value is 0.140. The summed E-state index contributed by atoms with van der Waals surface area (Å²) in [6.45, 7) is 3.68. The quantitative estimate of drug-likeness (QED) is 0.435. The molecule has 2 atom stereocenters. The van der Waals surface area contributed by atoms with Gasteiger partial charge in [0.1, 0.15) is 5.78 Å². The molecule has 0 saturated heterocycles. The number of alkyl halides is 1. The van der Waals surface area contributed by atoms with Gasteiger partial charge in [-0.05, 0) is 25.2 Å². The normalized spacial score (nSPS) is 30.8. The molecule has 62 valence electrons. The van der Waals surface area contributed by atoms with Crippen LogP contribution in [0.25, 0.3) is 0 Å². The zero-order valence-electron chi connectivity index (χ0n) is 6.55. The molecule has 1 aliphatic carbocycles. The van der Waals surface area contributed by atoms with Crippen molar-refractivity contribution in [2.24, 2.45) is 5.92 Å². The predicted octanol–water partition coefficient (Wildman–Crippen LogP) is 2.74. The molecule has 0 radical (unpaired) electrons. The van der Waals surface area contributed by atoms with Crippen molar-refractivity contribution in [1.82, 2.24) is 0 Å². The molecule has 1 fully saturated rings. The molecular formula is C9H13IO. The number of halogens is 1. The first-order chi connectivity index (χ1) is 5.25. The monoisotopic (exact) mass is 264 g/mol. The molecule has 0 amide bonds. The number of carbonyl (C=O) groups is 1. The molecule has 0 unspecified atom stereocenters. The Kier molecular flexibility index (Phi) is 3.55. The number of hydrogen-bond acceptors (Lipinski definition) is 1. The van der Waals surface area contributed by atoms with Gasteiger partial charge < -0.3 is 0 Å². The molecule has 1 saturated carbocycles. The van der Waals surface area contributed by atoms with E-state index in [0.717, 1.165) is 25.7 Å². The molecule has 0 N–H and O–H groups in total. The molecule has 0 aromatic rings. The molecule has 1 aliphatic rings. The summed E-state index contributed by atoms with van der Waals surface area (Å²) >= 11 is 2.28. The fourth-order valence-electron chi connectivity index (χ4n) is 1.50. The lowest BCUT2D eigenvalue weighted by atomic mass is 10.0. The van der Waals surface area contributed by atoms with Crippen LogP contribution in [0.3, 0.4) is 0 Å². The maximum atomic E-state index is 11.1. The van der Waals surface area contributed by atoms with Crippen molar-refractivity contribution in [3.63, 3.8) is 0 Å². The van der Waals surface area contributed by atoms with Crippen molar-refractivity contribution in [3.05, 3.63) is 12.7 Å². The number of carbonyl (C=O) groups excluding carboxylic acids is 1. The summed E-state index contributed by atoms with van der Waals surface area (Å²) in [5.41, 5.74) is 0. The highest BCUT2D eigenvalue weighted by atomic mass is 127.